The molecule has 0 amide bonds. The molecular formula is C17H25NO2. The molecule has 0 aromatic heterocycles. The summed E-state index contributed by atoms with van der Waals surface area (Å²) in [6.45, 7) is 9.80. The second-order valence-electron chi connectivity index (χ2n) is 5.03. The third kappa shape index (κ3) is 4.57. The highest BCUT2D eigenvalue weighted by Crippen LogP contribution is 2.30. The average Bonchev–Trinajstić information content (AvgIpc) is 2.46. The van der Waals surface area contributed by atoms with Crippen molar-refractivity contribution in [2.45, 2.75) is 47.0 Å². The summed E-state index contributed by atoms with van der Waals surface area (Å²) in [7, 11) is 0. The quantitative estimate of drug-likeness (QED) is 0.484. The molecule has 0 aliphatic rings. The van der Waals surface area contributed by atoms with Crippen molar-refractivity contribution in [3.63, 3.8) is 0 Å². The van der Waals surface area contributed by atoms with E-state index in [0.29, 0.717) is 5.69 Å². The Labute approximate surface area is 122 Å². The smallest absolute Gasteiger partial charge is 0.115 e. The van der Waals surface area contributed by atoms with Gasteiger partial charge in [0.1, 0.15) is 5.69 Å². The first-order chi connectivity index (χ1) is 9.63. The largest absolute Gasteiger partial charge is 0.381 e. The van der Waals surface area contributed by atoms with Gasteiger partial charge in [-0.3, -0.25) is 0 Å². The number of benzene rings is 1. The molecule has 110 valence electrons. The molecule has 0 fully saturated rings. The molecule has 0 N–H and O–H groups in total. The number of aryl methyl sites for hydroxylation is 2. The predicted molar refractivity (Wildman–Crippen MR) is 85.4 cm³/mol. The number of rotatable bonds is 8. The summed E-state index contributed by atoms with van der Waals surface area (Å²) in [5, 5.41) is 3.16. The van der Waals surface area contributed by atoms with E-state index in [4.69, 9.17) is 4.74 Å². The summed E-state index contributed by atoms with van der Waals surface area (Å²) in [5.74, 6) is 0. The minimum absolute atomic E-state index is 0.530. The van der Waals surface area contributed by atoms with Crippen LogP contribution in [0.5, 0.6) is 0 Å². The molecule has 0 aliphatic heterocycles. The molecule has 0 bridgehead atoms. The van der Waals surface area contributed by atoms with Gasteiger partial charge in [-0.25, -0.2) is 0 Å². The average molecular weight is 275 g/mol. The molecule has 20 heavy (non-hydrogen) atoms. The summed E-state index contributed by atoms with van der Waals surface area (Å²) >= 11 is 0. The van der Waals surface area contributed by atoms with Crippen LogP contribution in [0.1, 0.15) is 50.3 Å². The standard InChI is InChI=1S/C17H25NO2/c1-5-9-20-10-7-8-13(3)16-12-15(6-2)14(4)11-17(16)18-19/h8,11-12H,5-7,9-10H2,1-4H3/b13-8-. The molecule has 0 saturated heterocycles. The van der Waals surface area contributed by atoms with Crippen LogP contribution in [0, 0.1) is 11.8 Å². The van der Waals surface area contributed by atoms with Crippen LogP contribution in [0.2, 0.25) is 0 Å². The van der Waals surface area contributed by atoms with Crippen molar-refractivity contribution >= 4 is 11.3 Å². The van der Waals surface area contributed by atoms with Gasteiger partial charge in [-0.1, -0.05) is 19.9 Å². The maximum absolute atomic E-state index is 11.0. The molecular weight excluding hydrogens is 250 g/mol. The van der Waals surface area contributed by atoms with E-state index in [9.17, 15) is 4.91 Å². The fraction of sp³-hybridized carbons (Fsp3) is 0.529. The Balaban J connectivity index is 2.87. The lowest BCUT2D eigenvalue weighted by molar-refractivity contribution is 0.139. The van der Waals surface area contributed by atoms with E-state index >= 15 is 0 Å². The number of allylic oxidation sites excluding steroid dienone is 1. The monoisotopic (exact) mass is 275 g/mol. The minimum Gasteiger partial charge on any atom is -0.381 e. The minimum atomic E-state index is 0.530. The van der Waals surface area contributed by atoms with Crippen molar-refractivity contribution in [1.29, 1.82) is 0 Å². The first-order valence-electron chi connectivity index (χ1n) is 7.35. The fourth-order valence-corrected chi connectivity index (χ4v) is 2.22. The van der Waals surface area contributed by atoms with E-state index < -0.39 is 0 Å². The Bertz CT molecular complexity index is 478. The topological polar surface area (TPSA) is 38.7 Å². The van der Waals surface area contributed by atoms with Crippen molar-refractivity contribution in [3.8, 4) is 0 Å². The second-order valence-corrected chi connectivity index (χ2v) is 5.03. The van der Waals surface area contributed by atoms with Gasteiger partial charge in [0.2, 0.25) is 0 Å². The van der Waals surface area contributed by atoms with Gasteiger partial charge in [-0.15, -0.1) is 4.91 Å². The third-order valence-electron chi connectivity index (χ3n) is 3.42. The number of ether oxygens (including phenoxy) is 1. The Kier molecular flexibility index (Phi) is 7.16. The summed E-state index contributed by atoms with van der Waals surface area (Å²) in [4.78, 5) is 11.0. The lowest BCUT2D eigenvalue weighted by Gasteiger charge is -2.10. The second kappa shape index (κ2) is 8.64. The summed E-state index contributed by atoms with van der Waals surface area (Å²) in [6, 6.07) is 3.97. The maximum Gasteiger partial charge on any atom is 0.115 e. The SMILES string of the molecule is CCCOCC/C=C(/C)c1cc(CC)c(C)cc1N=O. The molecule has 3 nitrogen and oxygen atoms in total. The van der Waals surface area contributed by atoms with Gasteiger partial charge in [0.05, 0.1) is 6.61 Å². The zero-order valence-electron chi connectivity index (χ0n) is 13.0. The summed E-state index contributed by atoms with van der Waals surface area (Å²) in [5.41, 5.74) is 4.96. The van der Waals surface area contributed by atoms with Crippen molar-refractivity contribution in [2.75, 3.05) is 13.2 Å². The number of nitroso groups, excluding NO2 is 1. The number of hydrogen-bond acceptors (Lipinski definition) is 3. The lowest BCUT2D eigenvalue weighted by atomic mass is 9.96. The number of hydrogen-bond donors (Lipinski definition) is 0. The summed E-state index contributed by atoms with van der Waals surface area (Å²) < 4.78 is 5.46. The van der Waals surface area contributed by atoms with Crippen LogP contribution in [0.3, 0.4) is 0 Å². The Morgan fingerprint density at radius 2 is 2.05 bits per heavy atom. The molecule has 1 aromatic rings. The fourth-order valence-electron chi connectivity index (χ4n) is 2.22. The van der Waals surface area contributed by atoms with E-state index in [1.807, 2.05) is 19.9 Å². The highest BCUT2D eigenvalue weighted by atomic mass is 16.5. The van der Waals surface area contributed by atoms with Gasteiger partial charge < -0.3 is 4.74 Å². The molecule has 0 aliphatic carbocycles. The highest BCUT2D eigenvalue weighted by Gasteiger charge is 2.08. The van der Waals surface area contributed by atoms with Crippen LogP contribution in [-0.4, -0.2) is 13.2 Å². The van der Waals surface area contributed by atoms with E-state index in [0.717, 1.165) is 49.2 Å². The van der Waals surface area contributed by atoms with Crippen molar-refractivity contribution < 1.29 is 4.74 Å². The van der Waals surface area contributed by atoms with Crippen LogP contribution in [-0.2, 0) is 11.2 Å². The van der Waals surface area contributed by atoms with Crippen LogP contribution in [0.4, 0.5) is 5.69 Å². The first-order valence-corrected chi connectivity index (χ1v) is 7.35. The van der Waals surface area contributed by atoms with E-state index in [2.05, 4.69) is 31.2 Å². The predicted octanol–water partition coefficient (Wildman–Crippen LogP) is 5.18. The third-order valence-corrected chi connectivity index (χ3v) is 3.42. The van der Waals surface area contributed by atoms with Crippen molar-refractivity contribution in [3.05, 3.63) is 39.8 Å². The van der Waals surface area contributed by atoms with Gasteiger partial charge in [-0.05, 0) is 67.1 Å². The van der Waals surface area contributed by atoms with Crippen LogP contribution < -0.4 is 0 Å². The van der Waals surface area contributed by atoms with Gasteiger partial charge in [0, 0.05) is 12.2 Å². The molecule has 0 heterocycles. The Morgan fingerprint density at radius 3 is 2.65 bits per heavy atom. The highest BCUT2D eigenvalue weighted by molar-refractivity contribution is 5.74. The van der Waals surface area contributed by atoms with E-state index in [1.165, 1.54) is 5.56 Å². The zero-order chi connectivity index (χ0) is 15.0. The normalized spacial score (nSPS) is 11.7. The van der Waals surface area contributed by atoms with Gasteiger partial charge in [0.15, 0.2) is 0 Å². The van der Waals surface area contributed by atoms with E-state index in [1.54, 1.807) is 0 Å². The van der Waals surface area contributed by atoms with Gasteiger partial charge in [0.25, 0.3) is 0 Å². The van der Waals surface area contributed by atoms with Crippen LogP contribution in [0.25, 0.3) is 5.57 Å². The van der Waals surface area contributed by atoms with Crippen LogP contribution >= 0.6 is 0 Å². The molecule has 3 heteroatoms. The zero-order valence-corrected chi connectivity index (χ0v) is 13.0. The summed E-state index contributed by atoms with van der Waals surface area (Å²) in [6.07, 6.45) is 4.98. The Hall–Kier alpha value is -1.48. The van der Waals surface area contributed by atoms with Gasteiger partial charge in [-0.2, -0.15) is 0 Å². The van der Waals surface area contributed by atoms with E-state index in [-0.39, 0.29) is 0 Å². The van der Waals surface area contributed by atoms with Crippen LogP contribution in [0.15, 0.2) is 23.4 Å². The van der Waals surface area contributed by atoms with Crippen molar-refractivity contribution in [2.24, 2.45) is 5.18 Å². The lowest BCUT2D eigenvalue weighted by Crippen LogP contribution is -1.95. The maximum atomic E-state index is 11.0. The molecule has 0 saturated carbocycles. The number of nitrogens with zero attached hydrogens (tertiary/aromatic N) is 1. The molecule has 0 atom stereocenters. The molecule has 1 aromatic carbocycles. The molecule has 1 rings (SSSR count). The molecule has 0 radical (unpaired) electrons. The Morgan fingerprint density at radius 1 is 1.30 bits per heavy atom. The first kappa shape index (κ1) is 16.6. The molecule has 0 unspecified atom stereocenters. The molecule has 0 spiro atoms. The van der Waals surface area contributed by atoms with Gasteiger partial charge >= 0.3 is 0 Å². The van der Waals surface area contributed by atoms with Crippen molar-refractivity contribution in [1.82, 2.24) is 0 Å².